The van der Waals surface area contributed by atoms with Gasteiger partial charge >= 0.3 is 0 Å². The number of rotatable bonds is 3. The van der Waals surface area contributed by atoms with Crippen molar-refractivity contribution < 1.29 is 4.79 Å². The highest BCUT2D eigenvalue weighted by atomic mass is 32.1. The van der Waals surface area contributed by atoms with Crippen molar-refractivity contribution in [2.24, 2.45) is 0 Å². The van der Waals surface area contributed by atoms with Crippen LogP contribution in [0.3, 0.4) is 0 Å². The van der Waals surface area contributed by atoms with Gasteiger partial charge in [-0.2, -0.15) is 0 Å². The molecule has 1 N–H and O–H groups in total. The molecule has 4 heterocycles. The topological polar surface area (TPSA) is 63.1 Å². The van der Waals surface area contributed by atoms with Gasteiger partial charge < -0.3 is 14.8 Å². The van der Waals surface area contributed by atoms with E-state index in [0.717, 1.165) is 55.4 Å². The predicted octanol–water partition coefficient (Wildman–Crippen LogP) is 1.75. The van der Waals surface area contributed by atoms with Gasteiger partial charge in [0.1, 0.15) is 11.9 Å². The Morgan fingerprint density at radius 3 is 3.17 bits per heavy atom. The van der Waals surface area contributed by atoms with Crippen molar-refractivity contribution in [1.29, 1.82) is 0 Å². The van der Waals surface area contributed by atoms with E-state index in [1.807, 2.05) is 12.3 Å². The maximum Gasteiger partial charge on any atom is 0.243 e. The molecule has 0 aromatic carbocycles. The number of amides is 1. The third-order valence-corrected chi connectivity index (χ3v) is 5.49. The molecule has 0 spiro atoms. The van der Waals surface area contributed by atoms with Gasteiger partial charge in [-0.05, 0) is 26.2 Å². The fourth-order valence-corrected chi connectivity index (χ4v) is 4.35. The molecular weight excluding hydrogens is 310 g/mol. The second-order valence-electron chi connectivity index (χ2n) is 6.36. The smallest absolute Gasteiger partial charge is 0.243 e. The standard InChI is InChI=1S/C16H21N5OS/c1-11-9-20-10-12(4-5-14(20)18-11)19-15(22)13-3-2-7-21(13)16-17-6-8-23-16/h6,8-9,12-13H,2-5,7,10H2,1H3,(H,19,22). The van der Waals surface area contributed by atoms with Crippen molar-refractivity contribution >= 4 is 22.4 Å². The number of hydrogen-bond acceptors (Lipinski definition) is 5. The Labute approximate surface area is 139 Å². The van der Waals surface area contributed by atoms with E-state index in [2.05, 4.69) is 30.9 Å². The molecule has 0 aliphatic carbocycles. The summed E-state index contributed by atoms with van der Waals surface area (Å²) in [7, 11) is 0. The first-order valence-electron chi connectivity index (χ1n) is 8.20. The molecule has 122 valence electrons. The lowest BCUT2D eigenvalue weighted by Crippen LogP contribution is -2.49. The van der Waals surface area contributed by atoms with Crippen molar-refractivity contribution in [2.45, 2.75) is 51.2 Å². The molecule has 6 nitrogen and oxygen atoms in total. The SMILES string of the molecule is Cc1cn2c(n1)CCC(NC(=O)C1CCCN1c1nccs1)C2. The Morgan fingerprint density at radius 1 is 1.43 bits per heavy atom. The van der Waals surface area contributed by atoms with Crippen LogP contribution >= 0.6 is 11.3 Å². The number of hydrogen-bond donors (Lipinski definition) is 1. The van der Waals surface area contributed by atoms with Crippen LogP contribution in [0.4, 0.5) is 5.13 Å². The van der Waals surface area contributed by atoms with Gasteiger partial charge in [-0.15, -0.1) is 11.3 Å². The number of carbonyl (C=O) groups excluding carboxylic acids is 1. The quantitative estimate of drug-likeness (QED) is 0.931. The zero-order valence-electron chi connectivity index (χ0n) is 13.2. The van der Waals surface area contributed by atoms with Gasteiger partial charge in [0.05, 0.1) is 5.69 Å². The maximum atomic E-state index is 12.7. The Morgan fingerprint density at radius 2 is 2.35 bits per heavy atom. The second-order valence-corrected chi connectivity index (χ2v) is 7.23. The lowest BCUT2D eigenvalue weighted by molar-refractivity contribution is -0.123. The second kappa shape index (κ2) is 5.96. The zero-order chi connectivity index (χ0) is 15.8. The Balaban J connectivity index is 1.42. The lowest BCUT2D eigenvalue weighted by atomic mass is 10.1. The fraction of sp³-hybridized carbons (Fsp3) is 0.562. The summed E-state index contributed by atoms with van der Waals surface area (Å²) in [5.41, 5.74) is 1.05. The Hall–Kier alpha value is -1.89. The van der Waals surface area contributed by atoms with Crippen LogP contribution in [0.2, 0.25) is 0 Å². The number of anilines is 1. The van der Waals surface area contributed by atoms with Crippen molar-refractivity contribution in [2.75, 3.05) is 11.4 Å². The molecule has 0 saturated carbocycles. The minimum absolute atomic E-state index is 0.0768. The van der Waals surface area contributed by atoms with Gasteiger partial charge in [-0.3, -0.25) is 4.79 Å². The molecule has 2 aliphatic heterocycles. The van der Waals surface area contributed by atoms with E-state index >= 15 is 0 Å². The fourth-order valence-electron chi connectivity index (χ4n) is 3.63. The predicted molar refractivity (Wildman–Crippen MR) is 89.7 cm³/mol. The van der Waals surface area contributed by atoms with Crippen LogP contribution in [-0.4, -0.2) is 39.1 Å². The van der Waals surface area contributed by atoms with E-state index in [0.29, 0.717) is 0 Å². The number of nitrogens with zero attached hydrogens (tertiary/aromatic N) is 4. The third kappa shape index (κ3) is 2.85. The largest absolute Gasteiger partial charge is 0.350 e. The average molecular weight is 331 g/mol. The van der Waals surface area contributed by atoms with Crippen molar-refractivity contribution in [3.05, 3.63) is 29.3 Å². The van der Waals surface area contributed by atoms with Crippen LogP contribution in [0.1, 0.15) is 30.8 Å². The number of imidazole rings is 1. The molecule has 1 fully saturated rings. The maximum absolute atomic E-state index is 12.7. The van der Waals surface area contributed by atoms with E-state index in [1.165, 1.54) is 0 Å². The molecule has 1 saturated heterocycles. The molecule has 0 radical (unpaired) electrons. The summed E-state index contributed by atoms with van der Waals surface area (Å²) in [5.74, 6) is 1.28. The summed E-state index contributed by atoms with van der Waals surface area (Å²) in [6, 6.07) is 0.120. The van der Waals surface area contributed by atoms with Crippen LogP contribution in [0, 0.1) is 6.92 Å². The van der Waals surface area contributed by atoms with Gasteiger partial charge in [0.2, 0.25) is 5.91 Å². The van der Waals surface area contributed by atoms with Gasteiger partial charge in [0.25, 0.3) is 0 Å². The molecular formula is C16H21N5OS. The summed E-state index contributed by atoms with van der Waals surface area (Å²) < 4.78 is 2.18. The van der Waals surface area contributed by atoms with E-state index < -0.39 is 0 Å². The molecule has 2 aliphatic rings. The van der Waals surface area contributed by atoms with Crippen LogP contribution in [0.25, 0.3) is 0 Å². The molecule has 1 amide bonds. The molecule has 7 heteroatoms. The summed E-state index contributed by atoms with van der Waals surface area (Å²) in [6.07, 6.45) is 7.73. The first-order valence-corrected chi connectivity index (χ1v) is 9.08. The summed E-state index contributed by atoms with van der Waals surface area (Å²) >= 11 is 1.60. The van der Waals surface area contributed by atoms with Crippen LogP contribution < -0.4 is 10.2 Å². The van der Waals surface area contributed by atoms with Gasteiger partial charge in [-0.25, -0.2) is 9.97 Å². The Bertz CT molecular complexity index is 695. The number of thiazole rings is 1. The molecule has 2 aromatic rings. The van der Waals surface area contributed by atoms with E-state index in [9.17, 15) is 4.79 Å². The molecule has 2 aromatic heterocycles. The van der Waals surface area contributed by atoms with Crippen molar-refractivity contribution in [1.82, 2.24) is 19.9 Å². The normalized spacial score (nSPS) is 23.8. The minimum atomic E-state index is -0.0768. The van der Waals surface area contributed by atoms with E-state index in [1.54, 1.807) is 17.5 Å². The highest BCUT2D eigenvalue weighted by Gasteiger charge is 2.33. The summed E-state index contributed by atoms with van der Waals surface area (Å²) in [6.45, 7) is 3.76. The highest BCUT2D eigenvalue weighted by Crippen LogP contribution is 2.27. The van der Waals surface area contributed by atoms with Crippen LogP contribution in [-0.2, 0) is 17.8 Å². The molecule has 0 bridgehead atoms. The summed E-state index contributed by atoms with van der Waals surface area (Å²) in [4.78, 5) is 23.8. The highest BCUT2D eigenvalue weighted by molar-refractivity contribution is 7.13. The van der Waals surface area contributed by atoms with Gasteiger partial charge in [0, 0.05) is 43.3 Å². The number of carbonyl (C=O) groups is 1. The lowest BCUT2D eigenvalue weighted by Gasteiger charge is -2.28. The monoisotopic (exact) mass is 331 g/mol. The number of aryl methyl sites for hydroxylation is 2. The molecule has 4 rings (SSSR count). The number of fused-ring (bicyclic) bond motifs is 1. The molecule has 2 atom stereocenters. The Kier molecular flexibility index (Phi) is 3.80. The zero-order valence-corrected chi connectivity index (χ0v) is 14.1. The molecule has 2 unspecified atom stereocenters. The first-order chi connectivity index (χ1) is 11.2. The van der Waals surface area contributed by atoms with E-state index in [4.69, 9.17) is 0 Å². The third-order valence-electron chi connectivity index (χ3n) is 4.68. The number of nitrogens with one attached hydrogen (secondary N) is 1. The minimum Gasteiger partial charge on any atom is -0.350 e. The van der Waals surface area contributed by atoms with Crippen molar-refractivity contribution in [3.8, 4) is 0 Å². The molecule has 23 heavy (non-hydrogen) atoms. The average Bonchev–Trinajstić information content (AvgIpc) is 3.25. The summed E-state index contributed by atoms with van der Waals surface area (Å²) in [5, 5.41) is 6.17. The first kappa shape index (κ1) is 14.7. The van der Waals surface area contributed by atoms with Crippen LogP contribution in [0.15, 0.2) is 17.8 Å². The number of aromatic nitrogens is 3. The van der Waals surface area contributed by atoms with Gasteiger partial charge in [0.15, 0.2) is 5.13 Å². The van der Waals surface area contributed by atoms with E-state index in [-0.39, 0.29) is 18.0 Å². The van der Waals surface area contributed by atoms with Crippen LogP contribution in [0.5, 0.6) is 0 Å². The van der Waals surface area contributed by atoms with Crippen molar-refractivity contribution in [3.63, 3.8) is 0 Å². The van der Waals surface area contributed by atoms with Gasteiger partial charge in [-0.1, -0.05) is 0 Å².